The number of carbonyl (C=O) groups is 2. The van der Waals surface area contributed by atoms with Crippen LogP contribution in [0.2, 0.25) is 0 Å². The molecule has 26 heavy (non-hydrogen) atoms. The molecule has 1 aliphatic carbocycles. The summed E-state index contributed by atoms with van der Waals surface area (Å²) >= 11 is 0. The Kier molecular flexibility index (Phi) is 5.11. The number of aromatic nitrogens is 2. The zero-order valence-electron chi connectivity index (χ0n) is 15.5. The predicted molar refractivity (Wildman–Crippen MR) is 98.1 cm³/mol. The number of hydrogen-bond donors (Lipinski definition) is 1. The van der Waals surface area contributed by atoms with Crippen LogP contribution < -0.4 is 0 Å². The third-order valence-electron chi connectivity index (χ3n) is 4.78. The van der Waals surface area contributed by atoms with E-state index in [-0.39, 0.29) is 18.5 Å². The molecule has 2 aromatic rings. The molecule has 6 heteroatoms. The van der Waals surface area contributed by atoms with Crippen molar-refractivity contribution in [1.29, 1.82) is 0 Å². The summed E-state index contributed by atoms with van der Waals surface area (Å²) in [5, 5.41) is 13.6. The number of carbonyl (C=O) groups excluding carboxylic acids is 1. The van der Waals surface area contributed by atoms with E-state index in [1.54, 1.807) is 11.8 Å². The molecule has 1 heterocycles. The van der Waals surface area contributed by atoms with Crippen molar-refractivity contribution in [3.05, 3.63) is 52.8 Å². The third kappa shape index (κ3) is 4.12. The average molecular weight is 355 g/mol. The molecule has 3 rings (SSSR count). The lowest BCUT2D eigenvalue weighted by molar-refractivity contribution is -0.141. The van der Waals surface area contributed by atoms with Gasteiger partial charge in [-0.1, -0.05) is 19.1 Å². The van der Waals surface area contributed by atoms with Crippen LogP contribution in [-0.4, -0.2) is 44.3 Å². The fourth-order valence-corrected chi connectivity index (χ4v) is 3.08. The Balaban J connectivity index is 1.71. The first kappa shape index (κ1) is 18.2. The SMILES string of the molecule is Cc1cc(C)n(Cc2ccc(C(=O)N(CC(C)C(=O)O)C3CC3)cc2)n1. The van der Waals surface area contributed by atoms with E-state index in [4.69, 9.17) is 5.11 Å². The molecule has 6 nitrogen and oxygen atoms in total. The lowest BCUT2D eigenvalue weighted by Crippen LogP contribution is -2.38. The molecule has 1 N–H and O–H groups in total. The quantitative estimate of drug-likeness (QED) is 0.829. The van der Waals surface area contributed by atoms with Gasteiger partial charge in [-0.25, -0.2) is 0 Å². The van der Waals surface area contributed by atoms with Crippen molar-refractivity contribution in [3.63, 3.8) is 0 Å². The number of aliphatic carboxylic acids is 1. The van der Waals surface area contributed by atoms with E-state index in [0.717, 1.165) is 29.8 Å². The number of aryl methyl sites for hydroxylation is 2. The van der Waals surface area contributed by atoms with Crippen LogP contribution in [-0.2, 0) is 11.3 Å². The normalized spacial score (nSPS) is 14.9. The number of hydrogen-bond acceptors (Lipinski definition) is 3. The second kappa shape index (κ2) is 7.32. The van der Waals surface area contributed by atoms with Crippen LogP contribution in [0.15, 0.2) is 30.3 Å². The average Bonchev–Trinajstić information content (AvgIpc) is 3.38. The van der Waals surface area contributed by atoms with E-state index in [0.29, 0.717) is 12.1 Å². The maximum atomic E-state index is 12.8. The van der Waals surface area contributed by atoms with Gasteiger partial charge in [0, 0.05) is 23.8 Å². The van der Waals surface area contributed by atoms with E-state index in [9.17, 15) is 9.59 Å². The minimum Gasteiger partial charge on any atom is -0.481 e. The Morgan fingerprint density at radius 2 is 1.92 bits per heavy atom. The van der Waals surface area contributed by atoms with Crippen molar-refractivity contribution in [3.8, 4) is 0 Å². The number of benzene rings is 1. The summed E-state index contributed by atoms with van der Waals surface area (Å²) in [6.45, 7) is 6.55. The molecule has 0 radical (unpaired) electrons. The first-order chi connectivity index (χ1) is 12.3. The standard InChI is InChI=1S/C20H25N3O3/c1-13(20(25)26)11-22(18-8-9-18)19(24)17-6-4-16(5-7-17)12-23-15(3)10-14(2)21-23/h4-7,10,13,18H,8-9,11-12H2,1-3H3,(H,25,26). The van der Waals surface area contributed by atoms with Gasteiger partial charge in [-0.2, -0.15) is 5.10 Å². The van der Waals surface area contributed by atoms with Crippen molar-refractivity contribution >= 4 is 11.9 Å². The largest absolute Gasteiger partial charge is 0.481 e. The van der Waals surface area contributed by atoms with Crippen LogP contribution in [0.25, 0.3) is 0 Å². The molecule has 1 fully saturated rings. The highest BCUT2D eigenvalue weighted by atomic mass is 16.4. The van der Waals surface area contributed by atoms with Gasteiger partial charge in [-0.3, -0.25) is 14.3 Å². The van der Waals surface area contributed by atoms with Crippen LogP contribution in [0.1, 0.15) is 47.1 Å². The van der Waals surface area contributed by atoms with Gasteiger partial charge in [0.05, 0.1) is 18.2 Å². The molecule has 1 unspecified atom stereocenters. The summed E-state index contributed by atoms with van der Waals surface area (Å²) in [5.41, 5.74) is 3.77. The van der Waals surface area contributed by atoms with Crippen molar-refractivity contribution < 1.29 is 14.7 Å². The fraction of sp³-hybridized carbons (Fsp3) is 0.450. The lowest BCUT2D eigenvalue weighted by Gasteiger charge is -2.24. The van der Waals surface area contributed by atoms with Gasteiger partial charge in [0.1, 0.15) is 0 Å². The third-order valence-corrected chi connectivity index (χ3v) is 4.78. The zero-order valence-corrected chi connectivity index (χ0v) is 15.5. The Bertz CT molecular complexity index is 806. The van der Waals surface area contributed by atoms with Crippen LogP contribution >= 0.6 is 0 Å². The molecule has 0 saturated heterocycles. The summed E-state index contributed by atoms with van der Waals surface area (Å²) in [6, 6.07) is 9.74. The van der Waals surface area contributed by atoms with Gasteiger partial charge in [-0.05, 0) is 50.5 Å². The second-order valence-electron chi connectivity index (χ2n) is 7.21. The maximum absolute atomic E-state index is 12.8. The summed E-state index contributed by atoms with van der Waals surface area (Å²) < 4.78 is 1.94. The summed E-state index contributed by atoms with van der Waals surface area (Å²) in [7, 11) is 0. The highest BCUT2D eigenvalue weighted by Crippen LogP contribution is 2.29. The second-order valence-corrected chi connectivity index (χ2v) is 7.21. The molecule has 1 aromatic carbocycles. The minimum absolute atomic E-state index is 0.0849. The van der Waals surface area contributed by atoms with E-state index >= 15 is 0 Å². The number of rotatable bonds is 7. The summed E-state index contributed by atoms with van der Waals surface area (Å²) in [5.74, 6) is -1.52. The number of carboxylic acid groups (broad SMARTS) is 1. The van der Waals surface area contributed by atoms with Gasteiger partial charge >= 0.3 is 5.97 Å². The van der Waals surface area contributed by atoms with Gasteiger partial charge in [-0.15, -0.1) is 0 Å². The van der Waals surface area contributed by atoms with Gasteiger partial charge in [0.2, 0.25) is 0 Å². The molecule has 1 atom stereocenters. The molecule has 0 bridgehead atoms. The molecular weight excluding hydrogens is 330 g/mol. The number of carboxylic acids is 1. The number of nitrogens with zero attached hydrogens (tertiary/aromatic N) is 3. The maximum Gasteiger partial charge on any atom is 0.308 e. The summed E-state index contributed by atoms with van der Waals surface area (Å²) in [6.07, 6.45) is 1.90. The van der Waals surface area contributed by atoms with Gasteiger partial charge < -0.3 is 10.0 Å². The summed E-state index contributed by atoms with van der Waals surface area (Å²) in [4.78, 5) is 25.7. The molecule has 0 spiro atoms. The zero-order chi connectivity index (χ0) is 18.8. The molecule has 1 aromatic heterocycles. The van der Waals surface area contributed by atoms with E-state index in [1.165, 1.54) is 0 Å². The van der Waals surface area contributed by atoms with Crippen LogP contribution in [0, 0.1) is 19.8 Å². The highest BCUT2D eigenvalue weighted by Gasteiger charge is 2.34. The lowest BCUT2D eigenvalue weighted by atomic mass is 10.1. The Morgan fingerprint density at radius 1 is 1.27 bits per heavy atom. The van der Waals surface area contributed by atoms with Crippen molar-refractivity contribution in [2.45, 2.75) is 46.2 Å². The van der Waals surface area contributed by atoms with E-state index < -0.39 is 11.9 Å². The Hall–Kier alpha value is -2.63. The van der Waals surface area contributed by atoms with E-state index in [1.807, 2.05) is 48.9 Å². The predicted octanol–water partition coefficient (Wildman–Crippen LogP) is 2.87. The Labute approximate surface area is 153 Å². The van der Waals surface area contributed by atoms with Crippen LogP contribution in [0.4, 0.5) is 0 Å². The first-order valence-electron chi connectivity index (χ1n) is 8.99. The van der Waals surface area contributed by atoms with Crippen molar-refractivity contribution in [2.24, 2.45) is 5.92 Å². The highest BCUT2D eigenvalue weighted by molar-refractivity contribution is 5.95. The molecule has 1 aliphatic rings. The van der Waals surface area contributed by atoms with E-state index in [2.05, 4.69) is 5.10 Å². The van der Waals surface area contributed by atoms with Crippen LogP contribution in [0.3, 0.4) is 0 Å². The van der Waals surface area contributed by atoms with Crippen LogP contribution in [0.5, 0.6) is 0 Å². The van der Waals surface area contributed by atoms with Crippen molar-refractivity contribution in [1.82, 2.24) is 14.7 Å². The first-order valence-corrected chi connectivity index (χ1v) is 8.99. The van der Waals surface area contributed by atoms with Crippen molar-refractivity contribution in [2.75, 3.05) is 6.54 Å². The minimum atomic E-state index is -0.872. The molecular formula is C20H25N3O3. The molecule has 1 saturated carbocycles. The number of amides is 1. The van der Waals surface area contributed by atoms with Gasteiger partial charge in [0.25, 0.3) is 5.91 Å². The Morgan fingerprint density at radius 3 is 2.42 bits per heavy atom. The molecule has 0 aliphatic heterocycles. The molecule has 138 valence electrons. The fourth-order valence-electron chi connectivity index (χ4n) is 3.08. The monoisotopic (exact) mass is 355 g/mol. The topological polar surface area (TPSA) is 75.4 Å². The van der Waals surface area contributed by atoms with Gasteiger partial charge in [0.15, 0.2) is 0 Å². The smallest absolute Gasteiger partial charge is 0.308 e. The molecule has 1 amide bonds.